The Morgan fingerprint density at radius 2 is 2.29 bits per heavy atom. The van der Waals surface area contributed by atoms with Crippen LogP contribution >= 0.6 is 11.3 Å². The van der Waals surface area contributed by atoms with E-state index in [1.165, 1.54) is 11.3 Å². The Morgan fingerprint density at radius 3 is 2.93 bits per heavy atom. The van der Waals surface area contributed by atoms with Gasteiger partial charge in [-0.3, -0.25) is 0 Å². The van der Waals surface area contributed by atoms with Crippen molar-refractivity contribution in [1.82, 2.24) is 0 Å². The highest BCUT2D eigenvalue weighted by atomic mass is 32.1. The van der Waals surface area contributed by atoms with Gasteiger partial charge >= 0.3 is 0 Å². The summed E-state index contributed by atoms with van der Waals surface area (Å²) in [4.78, 5) is 0.570. The van der Waals surface area contributed by atoms with E-state index in [9.17, 15) is 0 Å². The van der Waals surface area contributed by atoms with E-state index in [0.29, 0.717) is 16.3 Å². The number of hydrogen-bond donors (Lipinski definition) is 1. The summed E-state index contributed by atoms with van der Waals surface area (Å²) in [6, 6.07) is 7.71. The number of methoxy groups -OCH3 is 1. The molecule has 0 aliphatic carbocycles. The van der Waals surface area contributed by atoms with Gasteiger partial charge in [0.15, 0.2) is 5.75 Å². The second kappa shape index (κ2) is 3.20. The molecule has 1 heterocycles. The van der Waals surface area contributed by atoms with Crippen LogP contribution in [0, 0.1) is 11.3 Å². The SMILES string of the molecule is COc1c(C#N)sc2cccc(N)c12. The Balaban J connectivity index is 2.90. The molecule has 3 nitrogen and oxygen atoms in total. The van der Waals surface area contributed by atoms with Crippen molar-refractivity contribution in [1.29, 1.82) is 5.26 Å². The van der Waals surface area contributed by atoms with Crippen LogP contribution in [0.3, 0.4) is 0 Å². The molecule has 4 heteroatoms. The van der Waals surface area contributed by atoms with Crippen LogP contribution < -0.4 is 10.5 Å². The molecular weight excluding hydrogens is 196 g/mol. The van der Waals surface area contributed by atoms with E-state index in [4.69, 9.17) is 15.7 Å². The molecule has 0 fully saturated rings. The molecule has 2 N–H and O–H groups in total. The van der Waals surface area contributed by atoms with Gasteiger partial charge in [0, 0.05) is 10.4 Å². The van der Waals surface area contributed by atoms with Crippen molar-refractivity contribution in [2.75, 3.05) is 12.8 Å². The van der Waals surface area contributed by atoms with Gasteiger partial charge < -0.3 is 10.5 Å². The fourth-order valence-corrected chi connectivity index (χ4v) is 2.42. The summed E-state index contributed by atoms with van der Waals surface area (Å²) < 4.78 is 6.16. The Labute approximate surface area is 85.3 Å². The van der Waals surface area contributed by atoms with Crippen molar-refractivity contribution in [3.63, 3.8) is 0 Å². The second-order valence-electron chi connectivity index (χ2n) is 2.80. The number of nitriles is 1. The number of ether oxygens (including phenoxy) is 1. The number of nitrogens with two attached hydrogens (primary N) is 1. The van der Waals surface area contributed by atoms with Crippen LogP contribution in [0.2, 0.25) is 0 Å². The van der Waals surface area contributed by atoms with Crippen molar-refractivity contribution < 1.29 is 4.74 Å². The lowest BCUT2D eigenvalue weighted by Crippen LogP contribution is -1.88. The third-order valence-corrected chi connectivity index (χ3v) is 3.05. The molecule has 0 spiro atoms. The number of thiophene rings is 1. The van der Waals surface area contributed by atoms with Crippen molar-refractivity contribution in [2.45, 2.75) is 0 Å². The van der Waals surface area contributed by atoms with Crippen LogP contribution in [0.1, 0.15) is 4.88 Å². The Hall–Kier alpha value is -1.73. The van der Waals surface area contributed by atoms with Gasteiger partial charge in [-0.1, -0.05) is 6.07 Å². The van der Waals surface area contributed by atoms with E-state index in [1.807, 2.05) is 12.1 Å². The predicted molar refractivity (Wildman–Crippen MR) is 57.5 cm³/mol. The summed E-state index contributed by atoms with van der Waals surface area (Å²) in [5, 5.41) is 9.73. The number of nitrogens with zero attached hydrogens (tertiary/aromatic N) is 1. The summed E-state index contributed by atoms with van der Waals surface area (Å²) >= 11 is 1.40. The van der Waals surface area contributed by atoms with Crippen molar-refractivity contribution in [2.24, 2.45) is 0 Å². The average Bonchev–Trinajstić information content (AvgIpc) is 2.56. The van der Waals surface area contributed by atoms with Gasteiger partial charge in [-0.25, -0.2) is 0 Å². The lowest BCUT2D eigenvalue weighted by molar-refractivity contribution is 0.420. The molecular formula is C10H8N2OS. The summed E-state index contributed by atoms with van der Waals surface area (Å²) in [6.07, 6.45) is 0. The lowest BCUT2D eigenvalue weighted by atomic mass is 10.2. The predicted octanol–water partition coefficient (Wildman–Crippen LogP) is 2.36. The zero-order chi connectivity index (χ0) is 10.1. The van der Waals surface area contributed by atoms with Crippen LogP contribution in [0.25, 0.3) is 10.1 Å². The molecule has 0 aliphatic rings. The monoisotopic (exact) mass is 204 g/mol. The molecule has 0 aliphatic heterocycles. The largest absolute Gasteiger partial charge is 0.494 e. The first kappa shape index (κ1) is 8.85. The molecule has 0 amide bonds. The molecule has 0 atom stereocenters. The highest BCUT2D eigenvalue weighted by Gasteiger charge is 2.13. The normalized spacial score (nSPS) is 10.0. The van der Waals surface area contributed by atoms with Crippen molar-refractivity contribution in [3.05, 3.63) is 23.1 Å². The van der Waals surface area contributed by atoms with Crippen molar-refractivity contribution >= 4 is 27.1 Å². The standard InChI is InChI=1S/C10H8N2OS/c1-13-10-8(5-11)14-7-4-2-3-6(12)9(7)10/h2-4H,12H2,1H3. The van der Waals surface area contributed by atoms with E-state index in [2.05, 4.69) is 6.07 Å². The van der Waals surface area contributed by atoms with E-state index in [-0.39, 0.29) is 0 Å². The maximum atomic E-state index is 8.88. The van der Waals surface area contributed by atoms with Gasteiger partial charge in [0.1, 0.15) is 10.9 Å². The van der Waals surface area contributed by atoms with E-state index in [1.54, 1.807) is 13.2 Å². The van der Waals surface area contributed by atoms with E-state index in [0.717, 1.165) is 10.1 Å². The first-order valence-electron chi connectivity index (χ1n) is 4.03. The zero-order valence-corrected chi connectivity index (χ0v) is 8.39. The van der Waals surface area contributed by atoms with Gasteiger partial charge in [0.05, 0.1) is 12.5 Å². The maximum Gasteiger partial charge on any atom is 0.157 e. The number of benzene rings is 1. The molecule has 14 heavy (non-hydrogen) atoms. The maximum absolute atomic E-state index is 8.88. The van der Waals surface area contributed by atoms with Gasteiger partial charge in [0.25, 0.3) is 0 Å². The van der Waals surface area contributed by atoms with Gasteiger partial charge in [-0.15, -0.1) is 11.3 Å². The second-order valence-corrected chi connectivity index (χ2v) is 3.85. The third kappa shape index (κ3) is 1.10. The van der Waals surface area contributed by atoms with Crippen LogP contribution in [-0.2, 0) is 0 Å². The Bertz CT molecular complexity index is 525. The molecule has 0 radical (unpaired) electrons. The molecule has 2 rings (SSSR count). The fourth-order valence-electron chi connectivity index (χ4n) is 1.41. The Kier molecular flexibility index (Phi) is 2.02. The zero-order valence-electron chi connectivity index (χ0n) is 7.57. The molecule has 0 bridgehead atoms. The molecule has 0 saturated heterocycles. The fraction of sp³-hybridized carbons (Fsp3) is 0.100. The minimum Gasteiger partial charge on any atom is -0.494 e. The number of rotatable bonds is 1. The molecule has 2 aromatic rings. The number of fused-ring (bicyclic) bond motifs is 1. The summed E-state index contributed by atoms with van der Waals surface area (Å²) in [7, 11) is 1.55. The first-order chi connectivity index (χ1) is 6.77. The summed E-state index contributed by atoms with van der Waals surface area (Å²) in [6.45, 7) is 0. The number of nitrogen functional groups attached to an aromatic ring is 1. The molecule has 0 unspecified atom stereocenters. The minimum absolute atomic E-state index is 0.570. The minimum atomic E-state index is 0.570. The smallest absolute Gasteiger partial charge is 0.157 e. The van der Waals surface area contributed by atoms with Crippen LogP contribution in [0.5, 0.6) is 5.75 Å². The Morgan fingerprint density at radius 1 is 1.50 bits per heavy atom. The van der Waals surface area contributed by atoms with E-state index >= 15 is 0 Å². The summed E-state index contributed by atoms with van der Waals surface area (Å²) in [5.41, 5.74) is 6.47. The average molecular weight is 204 g/mol. The first-order valence-corrected chi connectivity index (χ1v) is 4.84. The van der Waals surface area contributed by atoms with Crippen LogP contribution in [0.4, 0.5) is 5.69 Å². The van der Waals surface area contributed by atoms with Crippen LogP contribution in [-0.4, -0.2) is 7.11 Å². The molecule has 1 aromatic heterocycles. The molecule has 0 saturated carbocycles. The van der Waals surface area contributed by atoms with Crippen LogP contribution in [0.15, 0.2) is 18.2 Å². The van der Waals surface area contributed by atoms with E-state index < -0.39 is 0 Å². The molecule has 1 aromatic carbocycles. The van der Waals surface area contributed by atoms with Gasteiger partial charge in [0.2, 0.25) is 0 Å². The van der Waals surface area contributed by atoms with Gasteiger partial charge in [-0.05, 0) is 12.1 Å². The van der Waals surface area contributed by atoms with Crippen molar-refractivity contribution in [3.8, 4) is 11.8 Å². The number of anilines is 1. The lowest BCUT2D eigenvalue weighted by Gasteiger charge is -1.99. The highest BCUT2D eigenvalue weighted by Crippen LogP contribution is 2.40. The summed E-state index contributed by atoms with van der Waals surface area (Å²) in [5.74, 6) is 0.589. The van der Waals surface area contributed by atoms with Gasteiger partial charge in [-0.2, -0.15) is 5.26 Å². The molecule has 70 valence electrons. The quantitative estimate of drug-likeness (QED) is 0.725. The topological polar surface area (TPSA) is 59.0 Å². The number of hydrogen-bond acceptors (Lipinski definition) is 4. The highest BCUT2D eigenvalue weighted by molar-refractivity contribution is 7.20. The third-order valence-electron chi connectivity index (χ3n) is 2.01.